The predicted octanol–water partition coefficient (Wildman–Crippen LogP) is 12.4. The molecule has 506 valence electrons. The Morgan fingerprint density at radius 2 is 1.05 bits per heavy atom. The van der Waals surface area contributed by atoms with Crippen molar-refractivity contribution in [2.24, 2.45) is 0 Å². The molecule has 13 rings (SSSR count). The van der Waals surface area contributed by atoms with Gasteiger partial charge in [0, 0.05) is 61.8 Å². The Labute approximate surface area is 566 Å². The summed E-state index contributed by atoms with van der Waals surface area (Å²) in [6.07, 6.45) is 2.35. The molecule has 0 unspecified atom stereocenters. The molecule has 2 N–H and O–H groups in total. The summed E-state index contributed by atoms with van der Waals surface area (Å²) in [4.78, 5) is 26.2. The van der Waals surface area contributed by atoms with Crippen molar-refractivity contribution in [2.75, 3.05) is 27.4 Å². The highest BCUT2D eigenvalue weighted by molar-refractivity contribution is 9.10. The molecular weight excluding hydrogens is 1300 g/mol. The van der Waals surface area contributed by atoms with Gasteiger partial charge in [0.1, 0.15) is 46.8 Å². The van der Waals surface area contributed by atoms with Crippen LogP contribution >= 0.6 is 15.9 Å². The van der Waals surface area contributed by atoms with Crippen LogP contribution in [0.4, 0.5) is 8.78 Å². The summed E-state index contributed by atoms with van der Waals surface area (Å²) in [5.41, 5.74) is 11.1. The quantitative estimate of drug-likeness (QED) is 0.0675. The third-order valence-electron chi connectivity index (χ3n) is 18.4. The number of carbonyl (C=O) groups is 2. The fourth-order valence-corrected chi connectivity index (χ4v) is 13.3. The minimum atomic E-state index is -0.957. The normalized spacial score (nSPS) is 18.6. The maximum absolute atomic E-state index is 15.4. The molecule has 6 aromatic carbocycles. The largest absolute Gasteiger partial charge is 0.495 e. The summed E-state index contributed by atoms with van der Waals surface area (Å²) < 4.78 is 77.8. The first-order chi connectivity index (χ1) is 45.4. The average molecular weight is 1380 g/mol. The van der Waals surface area contributed by atoms with Crippen LogP contribution in [0.5, 0.6) is 23.0 Å². The van der Waals surface area contributed by atoms with Crippen molar-refractivity contribution in [2.45, 2.75) is 181 Å². The first kappa shape index (κ1) is 69.2. The van der Waals surface area contributed by atoms with E-state index in [1.807, 2.05) is 122 Å². The molecule has 5 heterocycles. The Morgan fingerprint density at radius 1 is 0.625 bits per heavy atom. The Balaban J connectivity index is 0.000000157. The molecule has 2 aliphatic carbocycles. The van der Waals surface area contributed by atoms with Crippen molar-refractivity contribution in [3.8, 4) is 56.9 Å². The lowest BCUT2D eigenvalue weighted by Crippen LogP contribution is -2.41. The van der Waals surface area contributed by atoms with E-state index in [9.17, 15) is 19.8 Å². The monoisotopic (exact) mass is 1380 g/mol. The molecule has 1 saturated heterocycles. The standard InChI is InChI=1S/C33H35FN4O5.C26H30BFO6.C13H17BrN4O/c1-18-12-20(32-35-37-38(36-32)17-33(3,4)40)13-19(2)30(18)24-8-10-26(34)31-25(24)9-11-27(31)43-22-6-7-23-21(14-29(39)41-5)16-42-28(23)15-22;1-25(2)26(3,4)34-27(33-25)19-9-10-20(28)24-18(19)8-11-21(24)32-16-6-7-17-15(12-23(29)30-5)14-31-22(17)13-16;1-8-5-10(6-9(2)11(8)14)12-15-17-18(16-12)7-13(3,4)19/h6-8,10,12-13,15,21,27,40H,9,11,14,16-17H2,1-5H3;6-7,9-10,13,15,21H,8,11-12,14H2,1-5H3;5-6,19H,7H2,1-4H3/t21-,27-;15-,21-;/m11./s1. The summed E-state index contributed by atoms with van der Waals surface area (Å²) in [6.45, 7) is 24.3. The Morgan fingerprint density at radius 3 is 1.50 bits per heavy atom. The number of esters is 2. The van der Waals surface area contributed by atoms with E-state index >= 15 is 8.78 Å². The molecule has 3 aliphatic heterocycles. The number of carbonyl (C=O) groups excluding carboxylic acids is 2. The number of benzene rings is 6. The Kier molecular flexibility index (Phi) is 19.7. The van der Waals surface area contributed by atoms with Gasteiger partial charge in [0.25, 0.3) is 0 Å². The number of hydrogen-bond donors (Lipinski definition) is 2. The number of halogens is 3. The molecule has 0 spiro atoms. The zero-order chi connectivity index (χ0) is 68.9. The van der Waals surface area contributed by atoms with Crippen molar-refractivity contribution < 1.29 is 66.3 Å². The molecule has 24 heteroatoms. The maximum atomic E-state index is 15.4. The summed E-state index contributed by atoms with van der Waals surface area (Å²) >= 11 is 3.54. The lowest BCUT2D eigenvalue weighted by atomic mass is 9.75. The maximum Gasteiger partial charge on any atom is 0.495 e. The van der Waals surface area contributed by atoms with Crippen LogP contribution in [0, 0.1) is 39.3 Å². The molecule has 0 radical (unpaired) electrons. The van der Waals surface area contributed by atoms with E-state index in [4.69, 9.17) is 37.7 Å². The molecule has 0 saturated carbocycles. The van der Waals surface area contributed by atoms with Gasteiger partial charge in [-0.3, -0.25) is 9.59 Å². The average Bonchev–Trinajstić information content (AvgIpc) is 1.53. The highest BCUT2D eigenvalue weighted by Gasteiger charge is 2.53. The highest BCUT2D eigenvalue weighted by Crippen LogP contribution is 2.47. The van der Waals surface area contributed by atoms with Crippen LogP contribution in [0.2, 0.25) is 0 Å². The second kappa shape index (κ2) is 27.4. The van der Waals surface area contributed by atoms with E-state index in [2.05, 4.69) is 46.8 Å². The lowest BCUT2D eigenvalue weighted by Gasteiger charge is -2.32. The minimum absolute atomic E-state index is 0.0383. The van der Waals surface area contributed by atoms with Gasteiger partial charge in [0.05, 0.1) is 75.8 Å². The minimum Gasteiger partial charge on any atom is -0.492 e. The summed E-state index contributed by atoms with van der Waals surface area (Å²) in [6, 6.07) is 25.9. The number of hydrogen-bond acceptors (Lipinski definition) is 18. The van der Waals surface area contributed by atoms with Gasteiger partial charge in [0.15, 0.2) is 0 Å². The molecule has 20 nitrogen and oxygen atoms in total. The van der Waals surface area contributed by atoms with E-state index in [0.29, 0.717) is 91.2 Å². The molecule has 2 aromatic heterocycles. The second-order valence-corrected chi connectivity index (χ2v) is 28.5. The van der Waals surface area contributed by atoms with E-state index in [-0.39, 0.29) is 54.8 Å². The number of aliphatic hydroxyl groups is 2. The van der Waals surface area contributed by atoms with E-state index < -0.39 is 41.7 Å². The lowest BCUT2D eigenvalue weighted by molar-refractivity contribution is -0.142. The van der Waals surface area contributed by atoms with Gasteiger partial charge in [-0.15, -0.1) is 20.4 Å². The summed E-state index contributed by atoms with van der Waals surface area (Å²) in [7, 11) is 2.22. The number of fused-ring (bicyclic) bond motifs is 4. The molecule has 5 aliphatic rings. The van der Waals surface area contributed by atoms with Gasteiger partial charge in [-0.1, -0.05) is 40.2 Å². The molecule has 0 amide bonds. The molecule has 1 fully saturated rings. The van der Waals surface area contributed by atoms with Crippen molar-refractivity contribution in [3.05, 3.63) is 157 Å². The van der Waals surface area contributed by atoms with Gasteiger partial charge in [-0.2, -0.15) is 9.59 Å². The number of aromatic nitrogens is 8. The SMILES string of the molecule is COC(=O)C[C@@H]1COc2cc(O[C@@H]3CCc4c(-c5c(C)cc(-c6nnn(CC(C)(C)O)n6)cc5C)ccc(F)c43)ccc21.COC(=O)C[C@@H]1COc2cc(O[C@@H]3CCc4c(B5OC(C)(C)C(C)(C)O5)ccc(F)c43)ccc21.Cc1cc(-c2nnn(CC(C)(C)O)n2)cc(C)c1Br. The molecule has 0 bridgehead atoms. The third kappa shape index (κ3) is 15.0. The molecule has 4 atom stereocenters. The van der Waals surface area contributed by atoms with Gasteiger partial charge < -0.3 is 47.9 Å². The van der Waals surface area contributed by atoms with Crippen LogP contribution in [-0.2, 0) is 54.3 Å². The number of aryl methyl sites for hydroxylation is 4. The fraction of sp³-hybridized carbons (Fsp3) is 0.444. The van der Waals surface area contributed by atoms with Crippen LogP contribution in [0.15, 0.2) is 89.4 Å². The van der Waals surface area contributed by atoms with Crippen molar-refractivity contribution in [1.29, 1.82) is 0 Å². The Hall–Kier alpha value is -8.16. The zero-order valence-corrected chi connectivity index (χ0v) is 58.3. The fourth-order valence-electron chi connectivity index (χ4n) is 13.1. The number of tetrazole rings is 2. The number of rotatable bonds is 16. The smallest absolute Gasteiger partial charge is 0.492 e. The predicted molar refractivity (Wildman–Crippen MR) is 359 cm³/mol. The molecule has 8 aromatic rings. The van der Waals surface area contributed by atoms with Crippen LogP contribution in [0.3, 0.4) is 0 Å². The van der Waals surface area contributed by atoms with Gasteiger partial charge in [-0.25, -0.2) is 8.78 Å². The van der Waals surface area contributed by atoms with Gasteiger partial charge in [0.2, 0.25) is 11.6 Å². The zero-order valence-electron chi connectivity index (χ0n) is 56.7. The van der Waals surface area contributed by atoms with Gasteiger partial charge >= 0.3 is 19.1 Å². The van der Waals surface area contributed by atoms with E-state index in [1.165, 1.54) is 35.9 Å². The number of nitrogens with zero attached hydrogens (tertiary/aromatic N) is 8. The summed E-state index contributed by atoms with van der Waals surface area (Å²) in [5, 5.41) is 44.9. The Bertz CT molecular complexity index is 4200. The van der Waals surface area contributed by atoms with Crippen molar-refractivity contribution in [3.63, 3.8) is 0 Å². The van der Waals surface area contributed by atoms with Crippen LogP contribution < -0.4 is 24.4 Å². The van der Waals surface area contributed by atoms with Crippen LogP contribution in [0.1, 0.15) is 161 Å². The van der Waals surface area contributed by atoms with Crippen molar-refractivity contribution in [1.82, 2.24) is 40.4 Å². The molecule has 96 heavy (non-hydrogen) atoms. The van der Waals surface area contributed by atoms with Crippen molar-refractivity contribution >= 4 is 40.4 Å². The first-order valence-corrected chi connectivity index (χ1v) is 33.0. The number of methoxy groups -OCH3 is 2. The van der Waals surface area contributed by atoms with E-state index in [0.717, 1.165) is 76.7 Å². The highest BCUT2D eigenvalue weighted by atomic mass is 79.9. The topological polar surface area (TPSA) is 236 Å². The first-order valence-electron chi connectivity index (χ1n) is 32.2. The third-order valence-corrected chi connectivity index (χ3v) is 19.6. The van der Waals surface area contributed by atoms with Gasteiger partial charge in [-0.05, 0) is 218 Å². The summed E-state index contributed by atoms with van der Waals surface area (Å²) in [5.74, 6) is 2.43. The second-order valence-electron chi connectivity index (χ2n) is 27.7. The van der Waals surface area contributed by atoms with Crippen LogP contribution in [0.25, 0.3) is 33.9 Å². The van der Waals surface area contributed by atoms with E-state index in [1.54, 1.807) is 33.8 Å². The number of ether oxygens (including phenoxy) is 6. The van der Waals surface area contributed by atoms with Crippen LogP contribution in [-0.4, -0.2) is 120 Å². The molecular formula is C72H82BBrF2N8O12.